The van der Waals surface area contributed by atoms with Gasteiger partial charge in [-0.3, -0.25) is 4.79 Å². The lowest BCUT2D eigenvalue weighted by atomic mass is 9.83. The van der Waals surface area contributed by atoms with Gasteiger partial charge in [0.25, 0.3) is 5.56 Å². The van der Waals surface area contributed by atoms with Crippen LogP contribution in [0.25, 0.3) is 0 Å². The first-order valence-electron chi connectivity index (χ1n) is 8.46. The first-order chi connectivity index (χ1) is 12.0. The summed E-state index contributed by atoms with van der Waals surface area (Å²) in [4.78, 5) is 37.6. The highest BCUT2D eigenvalue weighted by Gasteiger charge is 2.37. The van der Waals surface area contributed by atoms with Crippen molar-refractivity contribution in [2.24, 2.45) is 5.92 Å². The number of carbonyl (C=O) groups is 2. The maximum absolute atomic E-state index is 12.6. The van der Waals surface area contributed by atoms with Crippen molar-refractivity contribution in [3.05, 3.63) is 34.2 Å². The molecule has 25 heavy (non-hydrogen) atoms. The van der Waals surface area contributed by atoms with E-state index < -0.39 is 12.0 Å². The average Bonchev–Trinajstić information content (AvgIpc) is 2.59. The summed E-state index contributed by atoms with van der Waals surface area (Å²) < 4.78 is 1.81. The number of hydrogen-bond donors (Lipinski definition) is 2. The molecule has 2 N–H and O–H groups in total. The van der Waals surface area contributed by atoms with Gasteiger partial charge < -0.3 is 19.9 Å². The van der Waals surface area contributed by atoms with Crippen molar-refractivity contribution >= 4 is 23.8 Å². The predicted molar refractivity (Wildman–Crippen MR) is 96.1 cm³/mol. The number of hydrogen-bond acceptors (Lipinski definition) is 4. The minimum Gasteiger partial charge on any atom is -0.480 e. The molecule has 0 radical (unpaired) electrons. The molecule has 3 atom stereocenters. The third-order valence-electron chi connectivity index (χ3n) is 4.97. The lowest BCUT2D eigenvalue weighted by Crippen LogP contribution is -2.54. The smallest absolute Gasteiger partial charge is 0.326 e. The molecule has 7 nitrogen and oxygen atoms in total. The van der Waals surface area contributed by atoms with Crippen molar-refractivity contribution in [1.29, 1.82) is 0 Å². The third-order valence-corrected chi connectivity index (χ3v) is 5.62. The first-order valence-corrected chi connectivity index (χ1v) is 9.86. The second kappa shape index (κ2) is 7.51. The van der Waals surface area contributed by atoms with E-state index in [1.54, 1.807) is 28.8 Å². The lowest BCUT2D eigenvalue weighted by molar-refractivity contribution is -0.139. The number of likely N-dealkylation sites (tertiary alicyclic amines) is 1. The monoisotopic (exact) mass is 365 g/mol. The Kier molecular flexibility index (Phi) is 5.36. The van der Waals surface area contributed by atoms with E-state index in [1.807, 2.05) is 16.9 Å². The Balaban J connectivity index is 1.70. The topological polar surface area (TPSA) is 91.6 Å². The summed E-state index contributed by atoms with van der Waals surface area (Å²) in [5, 5.41) is 11.9. The Morgan fingerprint density at radius 2 is 2.16 bits per heavy atom. The number of nitrogens with one attached hydrogen (secondary N) is 1. The van der Waals surface area contributed by atoms with Gasteiger partial charge in [-0.25, -0.2) is 9.59 Å². The van der Waals surface area contributed by atoms with Crippen LogP contribution in [0.15, 0.2) is 23.0 Å². The number of aromatic nitrogens is 1. The number of carbonyl (C=O) groups excluding carboxylic acids is 1. The maximum Gasteiger partial charge on any atom is 0.326 e. The molecular weight excluding hydrogens is 342 g/mol. The summed E-state index contributed by atoms with van der Waals surface area (Å²) in [6.45, 7) is 1.68. The zero-order valence-corrected chi connectivity index (χ0v) is 15.0. The van der Waals surface area contributed by atoms with Gasteiger partial charge >= 0.3 is 12.0 Å². The molecule has 136 valence electrons. The predicted octanol–water partition coefficient (Wildman–Crippen LogP) is 1.18. The van der Waals surface area contributed by atoms with Crippen molar-refractivity contribution in [3.63, 3.8) is 0 Å². The fraction of sp³-hybridized carbons (Fsp3) is 0.588. The normalized spacial score (nSPS) is 22.8. The molecule has 3 heterocycles. The highest BCUT2D eigenvalue weighted by molar-refractivity contribution is 7.98. The van der Waals surface area contributed by atoms with E-state index in [0.717, 1.165) is 12.1 Å². The van der Waals surface area contributed by atoms with Crippen LogP contribution in [0.5, 0.6) is 0 Å². The number of urea groups is 1. The van der Waals surface area contributed by atoms with Crippen molar-refractivity contribution in [2.45, 2.75) is 31.3 Å². The van der Waals surface area contributed by atoms with Crippen LogP contribution in [0, 0.1) is 5.92 Å². The van der Waals surface area contributed by atoms with E-state index in [-0.39, 0.29) is 23.4 Å². The number of fused-ring (bicyclic) bond motifs is 4. The minimum atomic E-state index is -1.00. The van der Waals surface area contributed by atoms with Crippen molar-refractivity contribution in [1.82, 2.24) is 14.8 Å². The van der Waals surface area contributed by atoms with E-state index >= 15 is 0 Å². The maximum atomic E-state index is 12.6. The van der Waals surface area contributed by atoms with E-state index in [2.05, 4.69) is 5.32 Å². The SMILES string of the molecule is CSCC[C@H](NC(=O)N1C[C@@H]2C[C@H](C1)c1cccc(=O)n1C2)C(=O)O. The molecule has 0 saturated carbocycles. The number of carboxylic acid groups (broad SMARTS) is 1. The Hall–Kier alpha value is -1.96. The Morgan fingerprint density at radius 1 is 1.36 bits per heavy atom. The molecule has 2 amide bonds. The third kappa shape index (κ3) is 3.84. The number of piperidine rings is 1. The summed E-state index contributed by atoms with van der Waals surface area (Å²) >= 11 is 1.56. The fourth-order valence-corrected chi connectivity index (χ4v) is 4.27. The molecule has 2 bridgehead atoms. The van der Waals surface area contributed by atoms with Gasteiger partial charge in [-0.15, -0.1) is 0 Å². The highest BCUT2D eigenvalue weighted by atomic mass is 32.2. The van der Waals surface area contributed by atoms with Gasteiger partial charge in [-0.2, -0.15) is 11.8 Å². The number of pyridine rings is 1. The number of carboxylic acids is 1. The molecule has 0 aromatic carbocycles. The van der Waals surface area contributed by atoms with Gasteiger partial charge in [0, 0.05) is 37.3 Å². The fourth-order valence-electron chi connectivity index (χ4n) is 3.80. The number of nitrogens with zero attached hydrogens (tertiary/aromatic N) is 2. The number of thioether (sulfide) groups is 1. The molecule has 1 saturated heterocycles. The minimum absolute atomic E-state index is 0.00751. The lowest BCUT2D eigenvalue weighted by Gasteiger charge is -2.42. The summed E-state index contributed by atoms with van der Waals surface area (Å²) in [6.07, 6.45) is 3.27. The van der Waals surface area contributed by atoms with Gasteiger partial charge in [0.05, 0.1) is 0 Å². The molecule has 2 aliphatic rings. The quantitative estimate of drug-likeness (QED) is 0.818. The summed E-state index contributed by atoms with van der Waals surface area (Å²) in [6, 6.07) is 4.09. The van der Waals surface area contributed by atoms with Crippen LogP contribution in [0.1, 0.15) is 24.5 Å². The van der Waals surface area contributed by atoms with Gasteiger partial charge in [0.2, 0.25) is 0 Å². The Morgan fingerprint density at radius 3 is 2.88 bits per heavy atom. The molecule has 0 aliphatic carbocycles. The van der Waals surface area contributed by atoms with E-state index in [9.17, 15) is 19.5 Å². The number of amides is 2. The van der Waals surface area contributed by atoms with Crippen molar-refractivity contribution in [2.75, 3.05) is 25.1 Å². The van der Waals surface area contributed by atoms with Crippen LogP contribution in [0.4, 0.5) is 4.79 Å². The molecular formula is C17H23N3O4S. The summed E-state index contributed by atoms with van der Waals surface area (Å²) in [5.74, 6) is 0.0309. The average molecular weight is 365 g/mol. The van der Waals surface area contributed by atoms with Crippen molar-refractivity contribution in [3.8, 4) is 0 Å². The first kappa shape index (κ1) is 17.8. The second-order valence-electron chi connectivity index (χ2n) is 6.72. The van der Waals surface area contributed by atoms with Crippen LogP contribution in [0.2, 0.25) is 0 Å². The standard InChI is InChI=1S/C17H23N3O4S/c1-25-6-5-13(16(22)23)18-17(24)19-8-11-7-12(10-19)14-3-2-4-15(21)20(14)9-11/h2-4,11-13H,5-10H2,1H3,(H,18,24)(H,22,23)/t11-,12+,13-/m0/s1. The second-order valence-corrected chi connectivity index (χ2v) is 7.71. The number of aliphatic carboxylic acids is 1. The molecule has 3 rings (SSSR count). The van der Waals surface area contributed by atoms with Crippen LogP contribution >= 0.6 is 11.8 Å². The van der Waals surface area contributed by atoms with Gasteiger partial charge in [0.1, 0.15) is 6.04 Å². The highest BCUT2D eigenvalue weighted by Crippen LogP contribution is 2.34. The molecule has 1 fully saturated rings. The summed E-state index contributed by atoms with van der Waals surface area (Å²) in [7, 11) is 0. The largest absolute Gasteiger partial charge is 0.480 e. The van der Waals surface area contributed by atoms with Crippen molar-refractivity contribution < 1.29 is 14.7 Å². The van der Waals surface area contributed by atoms with Crippen LogP contribution in [-0.2, 0) is 11.3 Å². The molecule has 0 spiro atoms. The van der Waals surface area contributed by atoms with E-state index in [1.165, 1.54) is 0 Å². The molecule has 2 aliphatic heterocycles. The van der Waals surface area contributed by atoms with Crippen LogP contribution in [0.3, 0.4) is 0 Å². The molecule has 8 heteroatoms. The van der Waals surface area contributed by atoms with Crippen LogP contribution < -0.4 is 10.9 Å². The van der Waals surface area contributed by atoms with E-state index in [4.69, 9.17) is 0 Å². The zero-order chi connectivity index (χ0) is 18.0. The molecule has 1 aromatic rings. The van der Waals surface area contributed by atoms with Crippen LogP contribution in [-0.4, -0.2) is 57.7 Å². The van der Waals surface area contributed by atoms with Gasteiger partial charge in [-0.05, 0) is 36.8 Å². The summed E-state index contributed by atoms with van der Waals surface area (Å²) in [5.41, 5.74) is 0.978. The molecule has 0 unspecified atom stereocenters. The Bertz CT molecular complexity index is 720. The van der Waals surface area contributed by atoms with E-state index in [0.29, 0.717) is 31.8 Å². The Labute approximate surface area is 150 Å². The molecule has 1 aromatic heterocycles. The zero-order valence-electron chi connectivity index (χ0n) is 14.2. The number of rotatable bonds is 5. The van der Waals surface area contributed by atoms with Gasteiger partial charge in [0.15, 0.2) is 0 Å². The van der Waals surface area contributed by atoms with Gasteiger partial charge in [-0.1, -0.05) is 6.07 Å².